The topological polar surface area (TPSA) is 96.0 Å². The standard InChI is InChI=1S/C30H35Cl2N3O5S/c1-20-10-13-25(14-11-20)41(38,39)35(23-12-15-26(31)27(32)17-23)19-28(36)34(21(2)29(37)33-30(3,4)5)18-22-8-7-9-24(16-22)40-6/h7-17,21H,18-19H2,1-6H3,(H,33,37)/t21-/m0/s1. The van der Waals surface area contributed by atoms with Gasteiger partial charge >= 0.3 is 0 Å². The summed E-state index contributed by atoms with van der Waals surface area (Å²) in [7, 11) is -2.69. The first-order valence-electron chi connectivity index (χ1n) is 12.9. The van der Waals surface area contributed by atoms with Gasteiger partial charge in [-0.1, -0.05) is 53.0 Å². The summed E-state index contributed by atoms with van der Waals surface area (Å²) in [6, 6.07) is 16.8. The molecule has 0 aliphatic carbocycles. The highest BCUT2D eigenvalue weighted by molar-refractivity contribution is 7.92. The van der Waals surface area contributed by atoms with Gasteiger partial charge in [-0.3, -0.25) is 13.9 Å². The average Bonchev–Trinajstić information content (AvgIpc) is 2.90. The van der Waals surface area contributed by atoms with Crippen LogP contribution >= 0.6 is 23.2 Å². The number of amides is 2. The number of aryl methyl sites for hydroxylation is 1. The van der Waals surface area contributed by atoms with Crippen LogP contribution in [-0.2, 0) is 26.2 Å². The van der Waals surface area contributed by atoms with Crippen molar-refractivity contribution in [1.29, 1.82) is 0 Å². The van der Waals surface area contributed by atoms with Gasteiger partial charge in [-0.05, 0) is 82.6 Å². The summed E-state index contributed by atoms with van der Waals surface area (Å²) in [4.78, 5) is 28.6. The zero-order valence-electron chi connectivity index (χ0n) is 23.9. The number of methoxy groups -OCH3 is 1. The maximum absolute atomic E-state index is 14.0. The van der Waals surface area contributed by atoms with E-state index in [2.05, 4.69) is 5.32 Å². The molecule has 11 heteroatoms. The van der Waals surface area contributed by atoms with E-state index < -0.39 is 34.1 Å². The van der Waals surface area contributed by atoms with E-state index in [0.717, 1.165) is 9.87 Å². The van der Waals surface area contributed by atoms with E-state index in [-0.39, 0.29) is 33.1 Å². The molecule has 8 nitrogen and oxygen atoms in total. The molecule has 3 rings (SSSR count). The molecule has 3 aromatic rings. The molecule has 0 unspecified atom stereocenters. The Kier molecular flexibility index (Phi) is 10.3. The summed E-state index contributed by atoms with van der Waals surface area (Å²) in [5.74, 6) is -0.386. The lowest BCUT2D eigenvalue weighted by Crippen LogP contribution is -2.54. The first-order valence-corrected chi connectivity index (χ1v) is 15.1. The van der Waals surface area contributed by atoms with Crippen LogP contribution in [0.25, 0.3) is 0 Å². The third-order valence-corrected chi connectivity index (χ3v) is 8.76. The smallest absolute Gasteiger partial charge is 0.264 e. The number of ether oxygens (including phenoxy) is 1. The van der Waals surface area contributed by atoms with Crippen LogP contribution in [0.2, 0.25) is 10.0 Å². The fraction of sp³-hybridized carbons (Fsp3) is 0.333. The maximum Gasteiger partial charge on any atom is 0.264 e. The number of nitrogens with zero attached hydrogens (tertiary/aromatic N) is 2. The van der Waals surface area contributed by atoms with Crippen LogP contribution in [-0.4, -0.2) is 50.4 Å². The molecule has 0 radical (unpaired) electrons. The quantitative estimate of drug-likeness (QED) is 0.308. The number of carbonyl (C=O) groups is 2. The minimum Gasteiger partial charge on any atom is -0.497 e. The number of rotatable bonds is 10. The van der Waals surface area contributed by atoms with Crippen molar-refractivity contribution in [1.82, 2.24) is 10.2 Å². The second kappa shape index (κ2) is 13.1. The molecule has 2 amide bonds. The van der Waals surface area contributed by atoms with E-state index in [0.29, 0.717) is 11.3 Å². The molecular formula is C30H35Cl2N3O5S. The van der Waals surface area contributed by atoms with E-state index >= 15 is 0 Å². The molecule has 0 saturated carbocycles. The Hall–Kier alpha value is -3.27. The minimum atomic E-state index is -4.22. The van der Waals surface area contributed by atoms with Gasteiger partial charge in [-0.2, -0.15) is 0 Å². The summed E-state index contributed by atoms with van der Waals surface area (Å²) in [5, 5.41) is 3.27. The molecule has 1 atom stereocenters. The fourth-order valence-corrected chi connectivity index (χ4v) is 5.73. The van der Waals surface area contributed by atoms with Gasteiger partial charge in [0.2, 0.25) is 11.8 Å². The number of halogens is 2. The van der Waals surface area contributed by atoms with Gasteiger partial charge in [0.05, 0.1) is 27.7 Å². The van der Waals surface area contributed by atoms with E-state index in [1.165, 1.54) is 42.3 Å². The van der Waals surface area contributed by atoms with Crippen molar-refractivity contribution in [2.75, 3.05) is 18.0 Å². The highest BCUT2D eigenvalue weighted by Gasteiger charge is 2.33. The van der Waals surface area contributed by atoms with Gasteiger partial charge in [-0.25, -0.2) is 8.42 Å². The van der Waals surface area contributed by atoms with Crippen LogP contribution in [0, 0.1) is 6.92 Å². The lowest BCUT2D eigenvalue weighted by atomic mass is 10.1. The average molecular weight is 621 g/mol. The summed E-state index contributed by atoms with van der Waals surface area (Å²) in [6.45, 7) is 8.41. The largest absolute Gasteiger partial charge is 0.497 e. The van der Waals surface area contributed by atoms with Crippen molar-refractivity contribution >= 4 is 50.7 Å². The Morgan fingerprint density at radius 2 is 1.63 bits per heavy atom. The third-order valence-electron chi connectivity index (χ3n) is 6.23. The number of hydrogen-bond donors (Lipinski definition) is 1. The normalized spacial score (nSPS) is 12.4. The Balaban J connectivity index is 2.07. The lowest BCUT2D eigenvalue weighted by Gasteiger charge is -2.33. The fourth-order valence-electron chi connectivity index (χ4n) is 4.03. The van der Waals surface area contributed by atoms with Gasteiger partial charge in [0.1, 0.15) is 18.3 Å². The molecule has 0 bridgehead atoms. The molecule has 0 aliphatic rings. The molecule has 41 heavy (non-hydrogen) atoms. The molecule has 0 spiro atoms. The summed E-state index contributed by atoms with van der Waals surface area (Å²) < 4.78 is 34.1. The first-order chi connectivity index (χ1) is 19.1. The Labute approximate surface area is 252 Å². The monoisotopic (exact) mass is 619 g/mol. The zero-order valence-corrected chi connectivity index (χ0v) is 26.3. The van der Waals surface area contributed by atoms with Crippen LogP contribution in [0.4, 0.5) is 5.69 Å². The first kappa shape index (κ1) is 32.2. The maximum atomic E-state index is 14.0. The molecule has 0 fully saturated rings. The molecule has 220 valence electrons. The molecule has 0 aliphatic heterocycles. The lowest BCUT2D eigenvalue weighted by molar-refractivity contribution is -0.140. The number of sulfonamides is 1. The molecular weight excluding hydrogens is 585 g/mol. The summed E-state index contributed by atoms with van der Waals surface area (Å²) in [5.41, 5.74) is 1.19. The Morgan fingerprint density at radius 3 is 2.22 bits per heavy atom. The minimum absolute atomic E-state index is 0.000146. The number of carbonyl (C=O) groups excluding carboxylic acids is 2. The summed E-state index contributed by atoms with van der Waals surface area (Å²) >= 11 is 12.4. The van der Waals surface area contributed by atoms with Gasteiger partial charge in [0, 0.05) is 12.1 Å². The summed E-state index contributed by atoms with van der Waals surface area (Å²) in [6.07, 6.45) is 0. The zero-order chi connectivity index (χ0) is 30.5. The number of anilines is 1. The van der Waals surface area contributed by atoms with Crippen LogP contribution in [0.15, 0.2) is 71.6 Å². The molecule has 0 saturated heterocycles. The van der Waals surface area contributed by atoms with Gasteiger partial charge in [-0.15, -0.1) is 0 Å². The SMILES string of the molecule is COc1cccc(CN(C(=O)CN(c2ccc(Cl)c(Cl)c2)S(=O)(=O)c2ccc(C)cc2)[C@@H](C)C(=O)NC(C)(C)C)c1. The van der Waals surface area contributed by atoms with E-state index in [1.54, 1.807) is 43.3 Å². The highest BCUT2D eigenvalue weighted by atomic mass is 35.5. The van der Waals surface area contributed by atoms with Crippen molar-refractivity contribution < 1.29 is 22.7 Å². The molecule has 0 heterocycles. The Morgan fingerprint density at radius 1 is 0.976 bits per heavy atom. The second-order valence-corrected chi connectivity index (χ2v) is 13.4. The van der Waals surface area contributed by atoms with E-state index in [4.69, 9.17) is 27.9 Å². The van der Waals surface area contributed by atoms with Crippen LogP contribution in [0.3, 0.4) is 0 Å². The predicted molar refractivity (Wildman–Crippen MR) is 163 cm³/mol. The number of nitrogens with one attached hydrogen (secondary N) is 1. The second-order valence-electron chi connectivity index (χ2n) is 10.7. The van der Waals surface area contributed by atoms with Gasteiger partial charge in [0.25, 0.3) is 10.0 Å². The van der Waals surface area contributed by atoms with E-state index in [1.807, 2.05) is 27.7 Å². The van der Waals surface area contributed by atoms with Crippen molar-refractivity contribution in [2.24, 2.45) is 0 Å². The number of hydrogen-bond acceptors (Lipinski definition) is 5. The van der Waals surface area contributed by atoms with Crippen LogP contribution < -0.4 is 14.4 Å². The van der Waals surface area contributed by atoms with Crippen molar-refractivity contribution in [3.63, 3.8) is 0 Å². The van der Waals surface area contributed by atoms with Gasteiger partial charge < -0.3 is 15.0 Å². The van der Waals surface area contributed by atoms with Crippen LogP contribution in [0.1, 0.15) is 38.8 Å². The van der Waals surface area contributed by atoms with Crippen molar-refractivity contribution in [2.45, 2.75) is 57.6 Å². The predicted octanol–water partition coefficient (Wildman–Crippen LogP) is 5.84. The molecule has 0 aromatic heterocycles. The molecule has 3 aromatic carbocycles. The molecule has 1 N–H and O–H groups in total. The van der Waals surface area contributed by atoms with Crippen molar-refractivity contribution in [3.8, 4) is 5.75 Å². The van der Waals surface area contributed by atoms with Crippen LogP contribution in [0.5, 0.6) is 5.75 Å². The van der Waals surface area contributed by atoms with Gasteiger partial charge in [0.15, 0.2) is 0 Å². The van der Waals surface area contributed by atoms with E-state index in [9.17, 15) is 18.0 Å². The number of benzene rings is 3. The Bertz CT molecular complexity index is 1510. The van der Waals surface area contributed by atoms with Crippen molar-refractivity contribution in [3.05, 3.63) is 87.9 Å². The highest BCUT2D eigenvalue weighted by Crippen LogP contribution is 2.31. The third kappa shape index (κ3) is 8.38.